The summed E-state index contributed by atoms with van der Waals surface area (Å²) in [6, 6.07) is 19.4. The van der Waals surface area contributed by atoms with Crippen molar-refractivity contribution in [3.05, 3.63) is 84.1 Å². The molecule has 0 bridgehead atoms. The maximum Gasteiger partial charge on any atom is 0.243 e. The number of hydrogen-bond donors (Lipinski definition) is 3. The fourth-order valence-electron chi connectivity index (χ4n) is 5.03. The van der Waals surface area contributed by atoms with E-state index in [0.717, 1.165) is 12.0 Å². The number of aromatic amines is 1. The average Bonchev–Trinajstić information content (AvgIpc) is 3.48. The van der Waals surface area contributed by atoms with Gasteiger partial charge in [-0.15, -0.1) is 0 Å². The number of hydrogen-bond acceptors (Lipinski definition) is 9. The lowest BCUT2D eigenvalue weighted by atomic mass is 10.1. The number of anilines is 2. The van der Waals surface area contributed by atoms with Gasteiger partial charge in [-0.2, -0.15) is 4.31 Å². The van der Waals surface area contributed by atoms with Gasteiger partial charge in [0.05, 0.1) is 23.4 Å². The third-order valence-corrected chi connectivity index (χ3v) is 9.34. The fourth-order valence-corrected chi connectivity index (χ4v) is 6.68. The van der Waals surface area contributed by atoms with E-state index < -0.39 is 10.0 Å². The van der Waals surface area contributed by atoms with Crippen molar-refractivity contribution in [1.29, 1.82) is 0 Å². The Labute approximate surface area is 254 Å². The maximum absolute atomic E-state index is 13.3. The van der Waals surface area contributed by atoms with E-state index in [-0.39, 0.29) is 23.3 Å². The number of methoxy groups -OCH3 is 1. The van der Waals surface area contributed by atoms with Gasteiger partial charge in [-0.1, -0.05) is 41.9 Å². The molecule has 220 valence electrons. The van der Waals surface area contributed by atoms with Crippen molar-refractivity contribution in [3.63, 3.8) is 0 Å². The first kappa shape index (κ1) is 28.6. The molecule has 0 radical (unpaired) electrons. The summed E-state index contributed by atoms with van der Waals surface area (Å²) in [5.74, 6) is 1.75. The molecule has 2 aromatic carbocycles. The SMILES string of the molecule is COc1cc(-c2nc(-c3ccccc3)[nH]c2-c2ccnc(N[C@H]3CCCN(S(=O)(=O)c4ccc(Cl)cc4)C3)n2)cnc1N. The number of ether oxygens (including phenoxy) is 1. The number of piperidine rings is 1. The van der Waals surface area contributed by atoms with Crippen LogP contribution in [0, 0.1) is 0 Å². The molecule has 11 nitrogen and oxygen atoms in total. The van der Waals surface area contributed by atoms with E-state index in [9.17, 15) is 8.42 Å². The number of aromatic nitrogens is 5. The number of nitrogen functional groups attached to an aromatic ring is 1. The van der Waals surface area contributed by atoms with Crippen LogP contribution in [0.4, 0.5) is 11.8 Å². The molecule has 43 heavy (non-hydrogen) atoms. The van der Waals surface area contributed by atoms with Gasteiger partial charge >= 0.3 is 0 Å². The minimum absolute atomic E-state index is 0.183. The van der Waals surface area contributed by atoms with Crippen LogP contribution in [0.15, 0.2) is 84.0 Å². The third kappa shape index (κ3) is 6.03. The molecule has 1 aliphatic rings. The molecule has 5 aromatic rings. The summed E-state index contributed by atoms with van der Waals surface area (Å²) < 4.78 is 33.5. The Balaban J connectivity index is 1.30. The highest BCUT2D eigenvalue weighted by Gasteiger charge is 2.30. The maximum atomic E-state index is 13.3. The second kappa shape index (κ2) is 12.0. The van der Waals surface area contributed by atoms with Gasteiger partial charge < -0.3 is 20.8 Å². The lowest BCUT2D eigenvalue weighted by molar-refractivity contribution is 0.326. The van der Waals surface area contributed by atoms with Gasteiger partial charge in [0.25, 0.3) is 0 Å². The van der Waals surface area contributed by atoms with Gasteiger partial charge in [0.1, 0.15) is 11.5 Å². The van der Waals surface area contributed by atoms with Gasteiger partial charge in [0, 0.05) is 47.7 Å². The second-order valence-electron chi connectivity index (χ2n) is 10.1. The van der Waals surface area contributed by atoms with E-state index in [1.54, 1.807) is 36.7 Å². The van der Waals surface area contributed by atoms with Crippen LogP contribution in [0.2, 0.25) is 5.02 Å². The lowest BCUT2D eigenvalue weighted by Gasteiger charge is -2.32. The predicted molar refractivity (Wildman–Crippen MR) is 166 cm³/mol. The van der Waals surface area contributed by atoms with Crippen LogP contribution in [0.3, 0.4) is 0 Å². The number of sulfonamides is 1. The summed E-state index contributed by atoms with van der Waals surface area (Å²) in [5, 5.41) is 3.83. The predicted octanol–water partition coefficient (Wildman–Crippen LogP) is 5.11. The Morgan fingerprint density at radius 3 is 2.60 bits per heavy atom. The van der Waals surface area contributed by atoms with Crippen molar-refractivity contribution in [2.24, 2.45) is 0 Å². The molecule has 1 atom stereocenters. The van der Waals surface area contributed by atoms with E-state index in [0.29, 0.717) is 58.2 Å². The second-order valence-corrected chi connectivity index (χ2v) is 12.4. The van der Waals surface area contributed by atoms with Crippen LogP contribution in [0.5, 0.6) is 5.75 Å². The Hall–Kier alpha value is -4.52. The monoisotopic (exact) mass is 616 g/mol. The first-order chi connectivity index (χ1) is 20.8. The molecule has 13 heteroatoms. The van der Waals surface area contributed by atoms with Gasteiger partial charge in [-0.3, -0.25) is 0 Å². The van der Waals surface area contributed by atoms with Crippen LogP contribution in [-0.2, 0) is 10.0 Å². The van der Waals surface area contributed by atoms with Crippen molar-refractivity contribution < 1.29 is 13.2 Å². The van der Waals surface area contributed by atoms with Crippen LogP contribution >= 0.6 is 11.6 Å². The Kier molecular flexibility index (Phi) is 7.98. The van der Waals surface area contributed by atoms with Crippen LogP contribution in [0.25, 0.3) is 34.0 Å². The highest BCUT2D eigenvalue weighted by Crippen LogP contribution is 2.35. The normalized spacial score (nSPS) is 15.7. The van der Waals surface area contributed by atoms with E-state index in [2.05, 4.69) is 20.3 Å². The topological polar surface area (TPSA) is 152 Å². The Bertz CT molecular complexity index is 1850. The van der Waals surface area contributed by atoms with Gasteiger partial charge in [0.15, 0.2) is 11.6 Å². The van der Waals surface area contributed by atoms with Gasteiger partial charge in [-0.05, 0) is 49.2 Å². The molecule has 0 amide bonds. The summed E-state index contributed by atoms with van der Waals surface area (Å²) >= 11 is 5.96. The van der Waals surface area contributed by atoms with Crippen molar-refractivity contribution in [1.82, 2.24) is 29.2 Å². The number of halogens is 1. The van der Waals surface area contributed by atoms with E-state index in [1.807, 2.05) is 30.3 Å². The number of nitrogens with zero attached hydrogens (tertiary/aromatic N) is 5. The molecule has 3 aromatic heterocycles. The molecular formula is C30H29ClN8O3S. The lowest BCUT2D eigenvalue weighted by Crippen LogP contribution is -2.45. The average molecular weight is 617 g/mol. The van der Waals surface area contributed by atoms with Crippen molar-refractivity contribution in [2.75, 3.05) is 31.2 Å². The molecule has 0 saturated carbocycles. The third-order valence-electron chi connectivity index (χ3n) is 7.21. The number of pyridine rings is 1. The highest BCUT2D eigenvalue weighted by atomic mass is 35.5. The van der Waals surface area contributed by atoms with Crippen LogP contribution in [0.1, 0.15) is 12.8 Å². The minimum Gasteiger partial charge on any atom is -0.493 e. The van der Waals surface area contributed by atoms with E-state index in [4.69, 9.17) is 32.0 Å². The molecule has 0 spiro atoms. The highest BCUT2D eigenvalue weighted by molar-refractivity contribution is 7.89. The number of nitrogens with two attached hydrogens (primary N) is 1. The van der Waals surface area contributed by atoms with Crippen molar-refractivity contribution in [3.8, 4) is 39.8 Å². The molecule has 1 aliphatic heterocycles. The fraction of sp³-hybridized carbons (Fsp3) is 0.200. The van der Waals surface area contributed by atoms with Gasteiger partial charge in [-0.25, -0.2) is 28.4 Å². The summed E-state index contributed by atoms with van der Waals surface area (Å²) in [5.41, 5.74) is 9.45. The molecule has 1 fully saturated rings. The zero-order chi connectivity index (χ0) is 30.0. The molecular weight excluding hydrogens is 588 g/mol. The Morgan fingerprint density at radius 1 is 1.05 bits per heavy atom. The molecule has 4 N–H and O–H groups in total. The van der Waals surface area contributed by atoms with E-state index >= 15 is 0 Å². The van der Waals surface area contributed by atoms with E-state index in [1.165, 1.54) is 23.5 Å². The standard InChI is InChI=1S/C30H29ClN8O3S/c1-42-25-16-20(17-34-28(25)32)26-27(38-29(37-26)19-6-3-2-4-7-19)24-13-14-33-30(36-24)35-22-8-5-15-39(18-22)43(40,41)23-11-9-21(31)10-12-23/h2-4,6-7,9-14,16-17,22H,5,8,15,18H2,1H3,(H2,32,34)(H,37,38)(H,33,35,36)/t22-/m0/s1. The molecule has 0 unspecified atom stereocenters. The van der Waals surface area contributed by atoms with Crippen LogP contribution in [-0.4, -0.2) is 63.9 Å². The smallest absolute Gasteiger partial charge is 0.243 e. The number of nitrogens with one attached hydrogen (secondary N) is 2. The molecule has 0 aliphatic carbocycles. The van der Waals surface area contributed by atoms with Crippen molar-refractivity contribution in [2.45, 2.75) is 23.8 Å². The largest absolute Gasteiger partial charge is 0.493 e. The summed E-state index contributed by atoms with van der Waals surface area (Å²) in [7, 11) is -2.13. The van der Waals surface area contributed by atoms with Crippen molar-refractivity contribution >= 4 is 33.4 Å². The molecule has 6 rings (SSSR count). The molecule has 1 saturated heterocycles. The zero-order valence-electron chi connectivity index (χ0n) is 23.2. The van der Waals surface area contributed by atoms with Gasteiger partial charge in [0.2, 0.25) is 16.0 Å². The zero-order valence-corrected chi connectivity index (χ0v) is 24.8. The number of imidazole rings is 1. The Morgan fingerprint density at radius 2 is 1.84 bits per heavy atom. The first-order valence-corrected chi connectivity index (χ1v) is 15.4. The summed E-state index contributed by atoms with van der Waals surface area (Å²) in [6.07, 6.45) is 4.76. The quantitative estimate of drug-likeness (QED) is 0.216. The number of rotatable bonds is 8. The first-order valence-electron chi connectivity index (χ1n) is 13.6. The molecule has 4 heterocycles. The minimum atomic E-state index is -3.67. The number of benzene rings is 2. The summed E-state index contributed by atoms with van der Waals surface area (Å²) in [4.78, 5) is 22.0. The number of H-pyrrole nitrogens is 1. The van der Waals surface area contributed by atoms with Crippen LogP contribution < -0.4 is 15.8 Å². The summed E-state index contributed by atoms with van der Waals surface area (Å²) in [6.45, 7) is 0.714.